The van der Waals surface area contributed by atoms with Gasteiger partial charge in [0.25, 0.3) is 0 Å². The van der Waals surface area contributed by atoms with E-state index in [0.29, 0.717) is 12.3 Å². The number of carboxylic acid groups (broad SMARTS) is 1. The molecular weight excluding hydrogens is 252 g/mol. The Balaban J connectivity index is 4.47. The number of thiol groups is 1. The molecule has 0 saturated carbocycles. The van der Waals surface area contributed by atoms with Gasteiger partial charge in [-0.3, -0.25) is 4.79 Å². The van der Waals surface area contributed by atoms with Crippen LogP contribution in [0.5, 0.6) is 0 Å². The molecule has 0 aromatic carbocycles. The summed E-state index contributed by atoms with van der Waals surface area (Å²) in [6.45, 7) is 7.35. The van der Waals surface area contributed by atoms with Gasteiger partial charge in [-0.25, -0.2) is 4.79 Å². The second kappa shape index (κ2) is 6.99. The Bertz CT molecular complexity index is 300. The van der Waals surface area contributed by atoms with E-state index >= 15 is 0 Å². The molecular formula is C12H24N2O3S. The lowest BCUT2D eigenvalue weighted by Gasteiger charge is -2.28. The third-order valence-corrected chi connectivity index (χ3v) is 2.89. The first-order valence-corrected chi connectivity index (χ1v) is 6.51. The molecule has 5 nitrogen and oxygen atoms in total. The molecule has 0 heterocycles. The van der Waals surface area contributed by atoms with Crippen molar-refractivity contribution in [3.8, 4) is 0 Å². The maximum absolute atomic E-state index is 11.8. The lowest BCUT2D eigenvalue weighted by molar-refractivity contribution is -0.142. The highest BCUT2D eigenvalue weighted by Gasteiger charge is 2.34. The molecule has 0 aliphatic carbocycles. The molecule has 4 N–H and O–H groups in total. The van der Waals surface area contributed by atoms with Gasteiger partial charge in [-0.2, -0.15) is 12.6 Å². The maximum atomic E-state index is 11.8. The van der Waals surface area contributed by atoms with Gasteiger partial charge in [-0.15, -0.1) is 0 Å². The monoisotopic (exact) mass is 276 g/mol. The SMILES string of the molecule is CC(C)CC[C@H](N)C(=O)N[C@H](C(=O)O)C(C)(C)S. The first-order chi connectivity index (χ1) is 8.05. The van der Waals surface area contributed by atoms with Crippen LogP contribution < -0.4 is 11.1 Å². The highest BCUT2D eigenvalue weighted by Crippen LogP contribution is 2.18. The Labute approximate surface area is 114 Å². The van der Waals surface area contributed by atoms with Crippen molar-refractivity contribution < 1.29 is 14.7 Å². The zero-order valence-electron chi connectivity index (χ0n) is 11.4. The van der Waals surface area contributed by atoms with E-state index in [1.807, 2.05) is 13.8 Å². The average Bonchev–Trinajstić information content (AvgIpc) is 2.19. The molecule has 0 bridgehead atoms. The molecule has 0 aliphatic rings. The summed E-state index contributed by atoms with van der Waals surface area (Å²) < 4.78 is -0.848. The number of hydrogen-bond acceptors (Lipinski definition) is 4. The van der Waals surface area contributed by atoms with E-state index < -0.39 is 28.7 Å². The fourth-order valence-corrected chi connectivity index (χ4v) is 1.61. The minimum atomic E-state index is -1.11. The highest BCUT2D eigenvalue weighted by atomic mass is 32.1. The summed E-state index contributed by atoms with van der Waals surface area (Å²) in [7, 11) is 0. The maximum Gasteiger partial charge on any atom is 0.327 e. The van der Waals surface area contributed by atoms with Crippen LogP contribution in [0.15, 0.2) is 0 Å². The van der Waals surface area contributed by atoms with Crippen molar-refractivity contribution in [2.75, 3.05) is 0 Å². The quantitative estimate of drug-likeness (QED) is 0.523. The number of nitrogens with one attached hydrogen (secondary N) is 1. The van der Waals surface area contributed by atoms with Crippen molar-refractivity contribution in [2.24, 2.45) is 11.7 Å². The topological polar surface area (TPSA) is 92.4 Å². The molecule has 0 saturated heterocycles. The van der Waals surface area contributed by atoms with Gasteiger partial charge in [0, 0.05) is 4.75 Å². The van der Waals surface area contributed by atoms with Crippen molar-refractivity contribution in [1.82, 2.24) is 5.32 Å². The molecule has 6 heteroatoms. The minimum Gasteiger partial charge on any atom is -0.480 e. The fourth-order valence-electron chi connectivity index (χ4n) is 1.43. The predicted octanol–water partition coefficient (Wildman–Crippen LogP) is 1.03. The predicted molar refractivity (Wildman–Crippen MR) is 74.7 cm³/mol. The summed E-state index contributed by atoms with van der Waals surface area (Å²) in [5.74, 6) is -1.09. The number of carbonyl (C=O) groups is 2. The average molecular weight is 276 g/mol. The van der Waals surface area contributed by atoms with Gasteiger partial charge in [0.05, 0.1) is 6.04 Å². The smallest absolute Gasteiger partial charge is 0.327 e. The van der Waals surface area contributed by atoms with E-state index in [-0.39, 0.29) is 0 Å². The van der Waals surface area contributed by atoms with Gasteiger partial charge < -0.3 is 16.2 Å². The Kier molecular flexibility index (Phi) is 6.70. The third-order valence-electron chi connectivity index (χ3n) is 2.63. The van der Waals surface area contributed by atoms with Gasteiger partial charge in [-0.1, -0.05) is 13.8 Å². The summed E-state index contributed by atoms with van der Waals surface area (Å²) >= 11 is 4.18. The molecule has 1 amide bonds. The van der Waals surface area contributed by atoms with Crippen molar-refractivity contribution in [3.63, 3.8) is 0 Å². The Morgan fingerprint density at radius 3 is 2.17 bits per heavy atom. The second-order valence-electron chi connectivity index (χ2n) is 5.51. The van der Waals surface area contributed by atoms with Crippen LogP contribution in [0.2, 0.25) is 0 Å². The third kappa shape index (κ3) is 6.26. The molecule has 0 aromatic rings. The molecule has 0 aromatic heterocycles. The largest absolute Gasteiger partial charge is 0.480 e. The van der Waals surface area contributed by atoms with E-state index in [0.717, 1.165) is 6.42 Å². The zero-order valence-corrected chi connectivity index (χ0v) is 12.3. The number of rotatable bonds is 7. The standard InChI is InChI=1S/C12H24N2O3S/c1-7(2)5-6-8(13)10(15)14-9(11(16)17)12(3,4)18/h7-9,18H,5-6,13H2,1-4H3,(H,14,15)(H,16,17)/t8-,9+/m0/s1. The van der Waals surface area contributed by atoms with Crippen molar-refractivity contribution in [2.45, 2.75) is 57.4 Å². The number of carbonyl (C=O) groups excluding carboxylic acids is 1. The minimum absolute atomic E-state index is 0.440. The van der Waals surface area contributed by atoms with E-state index in [9.17, 15) is 9.59 Å². The number of carboxylic acids is 1. The van der Waals surface area contributed by atoms with E-state index in [1.54, 1.807) is 13.8 Å². The Morgan fingerprint density at radius 1 is 1.33 bits per heavy atom. The second-order valence-corrected chi connectivity index (χ2v) is 6.66. The molecule has 0 rings (SSSR count). The normalized spacial score (nSPS) is 15.3. The lowest BCUT2D eigenvalue weighted by Crippen LogP contribution is -2.55. The molecule has 0 unspecified atom stereocenters. The summed E-state index contributed by atoms with van der Waals surface area (Å²) in [6, 6.07) is -1.73. The van der Waals surface area contributed by atoms with Crippen LogP contribution >= 0.6 is 12.6 Å². The summed E-state index contributed by atoms with van der Waals surface area (Å²) in [5.41, 5.74) is 5.73. The van der Waals surface area contributed by atoms with Gasteiger partial charge in [0.1, 0.15) is 6.04 Å². The molecule has 106 valence electrons. The number of hydrogen-bond donors (Lipinski definition) is 4. The summed E-state index contributed by atoms with van der Waals surface area (Å²) in [4.78, 5) is 22.8. The van der Waals surface area contributed by atoms with Crippen LogP contribution in [0.25, 0.3) is 0 Å². The lowest BCUT2D eigenvalue weighted by atomic mass is 10.0. The molecule has 2 atom stereocenters. The van der Waals surface area contributed by atoms with Gasteiger partial charge in [0.2, 0.25) is 5.91 Å². The summed E-state index contributed by atoms with van der Waals surface area (Å²) in [6.07, 6.45) is 1.37. The van der Waals surface area contributed by atoms with Crippen LogP contribution in [-0.2, 0) is 9.59 Å². The first-order valence-electron chi connectivity index (χ1n) is 6.06. The van der Waals surface area contributed by atoms with Crippen molar-refractivity contribution >= 4 is 24.5 Å². The summed E-state index contributed by atoms with van der Waals surface area (Å²) in [5, 5.41) is 11.5. The van der Waals surface area contributed by atoms with Crippen LogP contribution in [0, 0.1) is 5.92 Å². The van der Waals surface area contributed by atoms with E-state index in [4.69, 9.17) is 10.8 Å². The van der Waals surface area contributed by atoms with Gasteiger partial charge >= 0.3 is 5.97 Å². The van der Waals surface area contributed by atoms with Crippen LogP contribution in [0.1, 0.15) is 40.5 Å². The molecule has 0 fully saturated rings. The number of amides is 1. The molecule has 0 spiro atoms. The van der Waals surface area contributed by atoms with Crippen LogP contribution in [-0.4, -0.2) is 33.8 Å². The number of nitrogens with two attached hydrogens (primary N) is 1. The highest BCUT2D eigenvalue weighted by molar-refractivity contribution is 7.81. The zero-order chi connectivity index (χ0) is 14.5. The molecule has 0 radical (unpaired) electrons. The Morgan fingerprint density at radius 2 is 1.83 bits per heavy atom. The Hall–Kier alpha value is -0.750. The van der Waals surface area contributed by atoms with Crippen LogP contribution in [0.3, 0.4) is 0 Å². The van der Waals surface area contributed by atoms with Gasteiger partial charge in [-0.05, 0) is 32.6 Å². The van der Waals surface area contributed by atoms with E-state index in [2.05, 4.69) is 17.9 Å². The van der Waals surface area contributed by atoms with E-state index in [1.165, 1.54) is 0 Å². The van der Waals surface area contributed by atoms with Crippen LogP contribution in [0.4, 0.5) is 0 Å². The molecule has 0 aliphatic heterocycles. The first kappa shape index (κ1) is 17.2. The van der Waals surface area contributed by atoms with Crippen molar-refractivity contribution in [1.29, 1.82) is 0 Å². The van der Waals surface area contributed by atoms with Gasteiger partial charge in [0.15, 0.2) is 0 Å². The number of aliphatic carboxylic acids is 1. The fraction of sp³-hybridized carbons (Fsp3) is 0.833. The van der Waals surface area contributed by atoms with Crippen molar-refractivity contribution in [3.05, 3.63) is 0 Å². The molecule has 18 heavy (non-hydrogen) atoms.